The summed E-state index contributed by atoms with van der Waals surface area (Å²) in [5.74, 6) is -0.257. The summed E-state index contributed by atoms with van der Waals surface area (Å²) in [5.41, 5.74) is 1.43. The third-order valence-electron chi connectivity index (χ3n) is 3.02. The van der Waals surface area contributed by atoms with Crippen LogP contribution >= 0.6 is 0 Å². The molecule has 0 bridgehead atoms. The van der Waals surface area contributed by atoms with Gasteiger partial charge in [-0.15, -0.1) is 0 Å². The van der Waals surface area contributed by atoms with E-state index in [0.717, 1.165) is 24.7 Å². The molecule has 1 aromatic rings. The van der Waals surface area contributed by atoms with Gasteiger partial charge in [-0.2, -0.15) is 0 Å². The number of anilines is 1. The first-order valence-corrected chi connectivity index (χ1v) is 7.60. The van der Waals surface area contributed by atoms with E-state index in [1.165, 1.54) is 11.0 Å². The normalized spacial score (nSPS) is 15.1. The fourth-order valence-electron chi connectivity index (χ4n) is 2.25. The number of amides is 1. The number of para-hydroxylation sites is 1. The molecule has 0 unspecified atom stereocenters. The number of fused-ring (bicyclic) bond motifs is 1. The smallest absolute Gasteiger partial charge is 0.250 e. The van der Waals surface area contributed by atoms with Crippen molar-refractivity contribution >= 4 is 21.4 Å². The van der Waals surface area contributed by atoms with Crippen LogP contribution in [0.15, 0.2) is 35.7 Å². The first-order valence-electron chi connectivity index (χ1n) is 5.71. The molecule has 0 fully saturated rings. The zero-order valence-corrected chi connectivity index (χ0v) is 11.0. The molecule has 96 valence electrons. The van der Waals surface area contributed by atoms with Crippen LogP contribution in [0.25, 0.3) is 0 Å². The summed E-state index contributed by atoms with van der Waals surface area (Å²) in [7, 11) is -3.35. The van der Waals surface area contributed by atoms with Gasteiger partial charge in [0.1, 0.15) is 0 Å². The van der Waals surface area contributed by atoms with E-state index >= 15 is 0 Å². The molecule has 4 nitrogen and oxygen atoms in total. The van der Waals surface area contributed by atoms with Crippen molar-refractivity contribution in [2.24, 2.45) is 0 Å². The van der Waals surface area contributed by atoms with Gasteiger partial charge in [0, 0.05) is 12.8 Å². The second-order valence-electron chi connectivity index (χ2n) is 4.33. The summed E-state index contributed by atoms with van der Waals surface area (Å²) in [5, 5.41) is 0. The minimum atomic E-state index is -3.35. The second kappa shape index (κ2) is 4.57. The van der Waals surface area contributed by atoms with Crippen molar-refractivity contribution in [3.63, 3.8) is 0 Å². The maximum Gasteiger partial charge on any atom is 0.250 e. The molecule has 0 saturated heterocycles. The molecule has 0 radical (unpaired) electrons. The van der Waals surface area contributed by atoms with Crippen molar-refractivity contribution in [3.05, 3.63) is 36.4 Å². The molecular weight excluding hydrogens is 250 g/mol. The van der Waals surface area contributed by atoms with Crippen LogP contribution < -0.4 is 4.90 Å². The zero-order valence-electron chi connectivity index (χ0n) is 10.2. The quantitative estimate of drug-likeness (QED) is 0.762. The second-order valence-corrected chi connectivity index (χ2v) is 6.32. The highest BCUT2D eigenvalue weighted by Gasteiger charge is 2.27. The highest BCUT2D eigenvalue weighted by molar-refractivity contribution is 7.90. The van der Waals surface area contributed by atoms with Gasteiger partial charge in [-0.05, 0) is 30.5 Å². The molecule has 0 aromatic heterocycles. The summed E-state index contributed by atoms with van der Waals surface area (Å²) >= 11 is 0. The van der Waals surface area contributed by atoms with Crippen LogP contribution in [0, 0.1) is 0 Å². The molecule has 18 heavy (non-hydrogen) atoms. The molecule has 0 atom stereocenters. The summed E-state index contributed by atoms with van der Waals surface area (Å²) in [6.07, 6.45) is 4.00. The molecule has 1 amide bonds. The van der Waals surface area contributed by atoms with Gasteiger partial charge >= 0.3 is 0 Å². The lowest BCUT2D eigenvalue weighted by molar-refractivity contribution is -0.114. The van der Waals surface area contributed by atoms with Crippen LogP contribution in [0.3, 0.4) is 0 Å². The van der Waals surface area contributed by atoms with Crippen molar-refractivity contribution in [1.82, 2.24) is 0 Å². The van der Waals surface area contributed by atoms with Crippen LogP contribution in [0.1, 0.15) is 12.0 Å². The molecule has 0 N–H and O–H groups in total. The average molecular weight is 265 g/mol. The number of carbonyl (C=O) groups is 1. The van der Waals surface area contributed by atoms with E-state index in [2.05, 4.69) is 6.58 Å². The highest BCUT2D eigenvalue weighted by atomic mass is 32.2. The van der Waals surface area contributed by atoms with Crippen LogP contribution in [-0.2, 0) is 21.1 Å². The fraction of sp³-hybridized carbons (Fsp3) is 0.308. The van der Waals surface area contributed by atoms with Crippen molar-refractivity contribution < 1.29 is 13.2 Å². The number of hydrogen-bond acceptors (Lipinski definition) is 3. The Balaban J connectivity index is 2.67. The van der Waals surface area contributed by atoms with E-state index in [1.807, 2.05) is 6.07 Å². The van der Waals surface area contributed by atoms with Crippen molar-refractivity contribution in [2.45, 2.75) is 17.7 Å². The Kier molecular flexibility index (Phi) is 3.26. The number of rotatable bonds is 2. The standard InChI is InChI=1S/C13H15NO3S/c1-3-12(15)14-9-5-7-10-6-4-8-11(13(10)14)18(2,16)17/h3-4,6,8H,1,5,7,9H2,2H3. The Hall–Kier alpha value is -1.62. The molecule has 0 saturated carbocycles. The predicted molar refractivity (Wildman–Crippen MR) is 70.4 cm³/mol. The first-order chi connectivity index (χ1) is 8.45. The summed E-state index contributed by atoms with van der Waals surface area (Å²) in [4.78, 5) is 13.5. The lowest BCUT2D eigenvalue weighted by atomic mass is 10.0. The summed E-state index contributed by atoms with van der Waals surface area (Å²) < 4.78 is 23.6. The molecule has 1 aliphatic rings. The Labute approximate surface area is 107 Å². The molecule has 0 spiro atoms. The van der Waals surface area contributed by atoms with Gasteiger partial charge in [0.2, 0.25) is 5.91 Å². The fourth-order valence-corrected chi connectivity index (χ4v) is 3.16. The van der Waals surface area contributed by atoms with Gasteiger partial charge in [-0.25, -0.2) is 8.42 Å². The van der Waals surface area contributed by atoms with Crippen molar-refractivity contribution in [3.8, 4) is 0 Å². The SMILES string of the molecule is C=CC(=O)N1CCCc2cccc(S(C)(=O)=O)c21. The van der Waals surface area contributed by atoms with E-state index in [9.17, 15) is 13.2 Å². The lowest BCUT2D eigenvalue weighted by Crippen LogP contribution is -2.35. The summed E-state index contributed by atoms with van der Waals surface area (Å²) in [6, 6.07) is 5.13. The van der Waals surface area contributed by atoms with Crippen molar-refractivity contribution in [2.75, 3.05) is 17.7 Å². The minimum Gasteiger partial charge on any atom is -0.307 e. The Morgan fingerprint density at radius 2 is 2.17 bits per heavy atom. The van der Waals surface area contributed by atoms with Crippen LogP contribution in [0.5, 0.6) is 0 Å². The number of sulfone groups is 1. The highest BCUT2D eigenvalue weighted by Crippen LogP contribution is 2.33. The number of nitrogens with zero attached hydrogens (tertiary/aromatic N) is 1. The predicted octanol–water partition coefficient (Wildman–Crippen LogP) is 1.56. The van der Waals surface area contributed by atoms with Crippen molar-refractivity contribution in [1.29, 1.82) is 0 Å². The Morgan fingerprint density at radius 3 is 2.78 bits per heavy atom. The average Bonchev–Trinajstić information content (AvgIpc) is 2.35. The van der Waals surface area contributed by atoms with Crippen LogP contribution in [0.2, 0.25) is 0 Å². The van der Waals surface area contributed by atoms with E-state index < -0.39 is 9.84 Å². The number of carbonyl (C=O) groups excluding carboxylic acids is 1. The van der Waals surface area contributed by atoms with Gasteiger partial charge in [0.15, 0.2) is 9.84 Å². The first kappa shape index (κ1) is 12.8. The molecule has 1 aliphatic heterocycles. The topological polar surface area (TPSA) is 54.5 Å². The van der Waals surface area contributed by atoms with E-state index in [-0.39, 0.29) is 10.8 Å². The van der Waals surface area contributed by atoms with Gasteiger partial charge in [-0.3, -0.25) is 4.79 Å². The monoisotopic (exact) mass is 265 g/mol. The number of aryl methyl sites for hydroxylation is 1. The largest absolute Gasteiger partial charge is 0.307 e. The number of hydrogen-bond donors (Lipinski definition) is 0. The third kappa shape index (κ3) is 2.18. The van der Waals surface area contributed by atoms with Gasteiger partial charge in [-0.1, -0.05) is 18.7 Å². The molecule has 1 aromatic carbocycles. The molecular formula is C13H15NO3S. The van der Waals surface area contributed by atoms with E-state index in [1.54, 1.807) is 12.1 Å². The summed E-state index contributed by atoms with van der Waals surface area (Å²) in [6.45, 7) is 3.99. The molecule has 2 rings (SSSR count). The Bertz CT molecular complexity index is 605. The van der Waals surface area contributed by atoms with E-state index in [0.29, 0.717) is 12.2 Å². The van der Waals surface area contributed by atoms with E-state index in [4.69, 9.17) is 0 Å². The lowest BCUT2D eigenvalue weighted by Gasteiger charge is -2.30. The maximum atomic E-state index is 11.8. The van der Waals surface area contributed by atoms with Crippen LogP contribution in [0.4, 0.5) is 5.69 Å². The van der Waals surface area contributed by atoms with Gasteiger partial charge in [0.25, 0.3) is 0 Å². The van der Waals surface area contributed by atoms with Gasteiger partial charge in [0.05, 0.1) is 10.6 Å². The van der Waals surface area contributed by atoms with Crippen LogP contribution in [-0.4, -0.2) is 27.1 Å². The molecule has 0 aliphatic carbocycles. The maximum absolute atomic E-state index is 11.8. The number of benzene rings is 1. The molecule has 5 heteroatoms. The van der Waals surface area contributed by atoms with Gasteiger partial charge < -0.3 is 4.90 Å². The Morgan fingerprint density at radius 1 is 1.44 bits per heavy atom. The molecule has 1 heterocycles. The minimum absolute atomic E-state index is 0.218. The third-order valence-corrected chi connectivity index (χ3v) is 4.15. The zero-order chi connectivity index (χ0) is 13.3.